The topological polar surface area (TPSA) is 42.5 Å². The van der Waals surface area contributed by atoms with Gasteiger partial charge in [-0.3, -0.25) is 0 Å². The highest BCUT2D eigenvalue weighted by atomic mass is 16.5. The molecular formula is C31H38N2O2. The molecule has 2 aliphatic rings. The highest BCUT2D eigenvalue weighted by molar-refractivity contribution is 5.78. The minimum absolute atomic E-state index is 0.00802. The summed E-state index contributed by atoms with van der Waals surface area (Å²) in [5.74, 6) is 1.81. The Kier molecular flexibility index (Phi) is 5.74. The summed E-state index contributed by atoms with van der Waals surface area (Å²) in [4.78, 5) is 0. The smallest absolute Gasteiger partial charge is 0.196 e. The van der Waals surface area contributed by atoms with Crippen LogP contribution in [0.2, 0.25) is 0 Å². The lowest BCUT2D eigenvalue weighted by Crippen LogP contribution is -2.37. The Balaban J connectivity index is 1.35. The van der Waals surface area contributed by atoms with Gasteiger partial charge in [-0.25, -0.2) is 0 Å². The number of hydrogen-bond acceptors (Lipinski definition) is 4. The molecule has 0 amide bonds. The van der Waals surface area contributed by atoms with Crippen molar-refractivity contribution in [3.8, 4) is 22.6 Å². The number of aryl methyl sites for hydroxylation is 1. The average Bonchev–Trinajstić information content (AvgIpc) is 3.47. The molecule has 4 heteroatoms. The van der Waals surface area contributed by atoms with Crippen molar-refractivity contribution in [2.75, 3.05) is 10.6 Å². The van der Waals surface area contributed by atoms with Crippen molar-refractivity contribution in [2.45, 2.75) is 79.2 Å². The molecule has 3 aromatic rings. The van der Waals surface area contributed by atoms with Crippen molar-refractivity contribution in [1.82, 2.24) is 0 Å². The van der Waals surface area contributed by atoms with Crippen LogP contribution in [0.4, 0.5) is 11.4 Å². The van der Waals surface area contributed by atoms with Crippen LogP contribution < -0.4 is 20.1 Å². The van der Waals surface area contributed by atoms with E-state index in [1.165, 1.54) is 11.1 Å². The van der Waals surface area contributed by atoms with E-state index in [-0.39, 0.29) is 23.3 Å². The van der Waals surface area contributed by atoms with E-state index in [9.17, 15) is 0 Å². The lowest BCUT2D eigenvalue weighted by atomic mass is 9.79. The van der Waals surface area contributed by atoms with Gasteiger partial charge in [-0.15, -0.1) is 0 Å². The molecule has 4 nitrogen and oxygen atoms in total. The van der Waals surface area contributed by atoms with Crippen molar-refractivity contribution in [3.05, 3.63) is 71.3 Å². The normalized spacial score (nSPS) is 18.7. The van der Waals surface area contributed by atoms with Crippen LogP contribution in [0.3, 0.4) is 0 Å². The summed E-state index contributed by atoms with van der Waals surface area (Å²) in [6.07, 6.45) is 1.97. The summed E-state index contributed by atoms with van der Waals surface area (Å²) in [6.45, 7) is 15.7. The van der Waals surface area contributed by atoms with Gasteiger partial charge in [0.05, 0.1) is 11.4 Å². The van der Waals surface area contributed by atoms with E-state index in [0.29, 0.717) is 0 Å². The number of ether oxygens (including phenoxy) is 2. The van der Waals surface area contributed by atoms with E-state index in [1.807, 2.05) is 0 Å². The van der Waals surface area contributed by atoms with Crippen molar-refractivity contribution in [1.29, 1.82) is 0 Å². The Hall–Kier alpha value is -3.14. The molecule has 0 fully saturated rings. The zero-order chi connectivity index (χ0) is 25.0. The molecule has 0 spiro atoms. The molecule has 0 saturated carbocycles. The van der Waals surface area contributed by atoms with E-state index >= 15 is 0 Å². The maximum Gasteiger partial charge on any atom is 0.196 e. The second-order valence-corrected chi connectivity index (χ2v) is 11.4. The molecule has 0 aromatic heterocycles. The fourth-order valence-electron chi connectivity index (χ4n) is 4.94. The minimum Gasteiger partial charge on any atom is -0.468 e. The molecule has 2 atom stereocenters. The Morgan fingerprint density at radius 3 is 1.97 bits per heavy atom. The van der Waals surface area contributed by atoms with E-state index in [2.05, 4.69) is 114 Å². The Bertz CT molecular complexity index is 1260. The van der Waals surface area contributed by atoms with Crippen molar-refractivity contribution >= 4 is 11.4 Å². The van der Waals surface area contributed by atoms with Crippen LogP contribution in [0.5, 0.6) is 11.5 Å². The van der Waals surface area contributed by atoms with E-state index in [0.717, 1.165) is 52.4 Å². The molecule has 0 saturated heterocycles. The van der Waals surface area contributed by atoms with Crippen LogP contribution >= 0.6 is 0 Å². The van der Waals surface area contributed by atoms with Gasteiger partial charge in [0.1, 0.15) is 11.5 Å². The van der Waals surface area contributed by atoms with Gasteiger partial charge in [0, 0.05) is 11.0 Å². The first-order chi connectivity index (χ1) is 16.6. The molecule has 0 aliphatic carbocycles. The number of nitrogens with one attached hydrogen (secondary N) is 2. The summed E-state index contributed by atoms with van der Waals surface area (Å²) in [6, 6.07) is 19.5. The molecular weight excluding hydrogens is 432 g/mol. The molecule has 0 bridgehead atoms. The van der Waals surface area contributed by atoms with Gasteiger partial charge >= 0.3 is 0 Å². The first kappa shape index (κ1) is 23.6. The quantitative estimate of drug-likeness (QED) is 0.379. The van der Waals surface area contributed by atoms with Crippen LogP contribution in [-0.4, -0.2) is 6.23 Å². The van der Waals surface area contributed by atoms with E-state index < -0.39 is 0 Å². The SMILES string of the molecule is CCC(C)(C)c1ccc(C2Nc3cc(-c4ccc5c(c4)NC(C(C)(C)CC)O5)ccc3O2)cc1C. The average molecular weight is 471 g/mol. The lowest BCUT2D eigenvalue weighted by Gasteiger charge is -2.29. The van der Waals surface area contributed by atoms with Crippen molar-refractivity contribution in [3.63, 3.8) is 0 Å². The number of benzene rings is 3. The second-order valence-electron chi connectivity index (χ2n) is 11.4. The maximum atomic E-state index is 6.29. The molecule has 2 unspecified atom stereocenters. The van der Waals surface area contributed by atoms with Gasteiger partial charge in [-0.2, -0.15) is 0 Å². The molecule has 2 heterocycles. The third kappa shape index (κ3) is 4.24. The summed E-state index contributed by atoms with van der Waals surface area (Å²) in [7, 11) is 0. The first-order valence-electron chi connectivity index (χ1n) is 12.9. The van der Waals surface area contributed by atoms with Gasteiger partial charge in [0.15, 0.2) is 12.5 Å². The molecule has 5 rings (SSSR count). The standard InChI is InChI=1S/C31H38N2O2/c1-8-30(4,5)23-13-10-22(16-19(23)3)28-32-24-17-20(11-14-26(24)34-28)21-12-15-27-25(18-21)33-29(35-27)31(6,7)9-2/h10-18,28-29,32-33H,8-9H2,1-7H3. The van der Waals surface area contributed by atoms with Crippen LogP contribution in [0.25, 0.3) is 11.1 Å². The monoisotopic (exact) mass is 470 g/mol. The number of anilines is 2. The maximum absolute atomic E-state index is 6.29. The van der Waals surface area contributed by atoms with Crippen LogP contribution in [-0.2, 0) is 5.41 Å². The van der Waals surface area contributed by atoms with Crippen molar-refractivity contribution < 1.29 is 9.47 Å². The summed E-state index contributed by atoms with van der Waals surface area (Å²) >= 11 is 0. The zero-order valence-corrected chi connectivity index (χ0v) is 22.1. The third-order valence-corrected chi connectivity index (χ3v) is 8.14. The Labute approximate surface area is 210 Å². The van der Waals surface area contributed by atoms with Crippen LogP contribution in [0.1, 0.15) is 77.3 Å². The third-order valence-electron chi connectivity index (χ3n) is 8.14. The molecule has 184 valence electrons. The van der Waals surface area contributed by atoms with Gasteiger partial charge in [0.2, 0.25) is 0 Å². The van der Waals surface area contributed by atoms with Gasteiger partial charge in [0.25, 0.3) is 0 Å². The summed E-state index contributed by atoms with van der Waals surface area (Å²) < 4.78 is 12.5. The number of rotatable bonds is 6. The molecule has 0 radical (unpaired) electrons. The second kappa shape index (κ2) is 8.51. The predicted octanol–water partition coefficient (Wildman–Crippen LogP) is 8.42. The van der Waals surface area contributed by atoms with Crippen LogP contribution in [0, 0.1) is 12.3 Å². The largest absolute Gasteiger partial charge is 0.468 e. The molecule has 2 aliphatic heterocycles. The van der Waals surface area contributed by atoms with Gasteiger partial charge < -0.3 is 20.1 Å². The fourth-order valence-corrected chi connectivity index (χ4v) is 4.94. The van der Waals surface area contributed by atoms with Gasteiger partial charge in [-0.05, 0) is 71.7 Å². The van der Waals surface area contributed by atoms with E-state index in [4.69, 9.17) is 9.47 Å². The number of hydrogen-bond donors (Lipinski definition) is 2. The lowest BCUT2D eigenvalue weighted by molar-refractivity contribution is 0.108. The van der Waals surface area contributed by atoms with Crippen molar-refractivity contribution in [2.24, 2.45) is 5.41 Å². The number of fused-ring (bicyclic) bond motifs is 2. The Morgan fingerprint density at radius 2 is 1.37 bits per heavy atom. The first-order valence-corrected chi connectivity index (χ1v) is 12.9. The van der Waals surface area contributed by atoms with Crippen LogP contribution in [0.15, 0.2) is 54.6 Å². The predicted molar refractivity (Wildman–Crippen MR) is 145 cm³/mol. The summed E-state index contributed by atoms with van der Waals surface area (Å²) in [5.41, 5.74) is 8.50. The zero-order valence-electron chi connectivity index (χ0n) is 22.1. The molecule has 3 aromatic carbocycles. The fraction of sp³-hybridized carbons (Fsp3) is 0.419. The Morgan fingerprint density at radius 1 is 0.743 bits per heavy atom. The minimum atomic E-state index is -0.176. The van der Waals surface area contributed by atoms with Gasteiger partial charge in [-0.1, -0.05) is 71.9 Å². The van der Waals surface area contributed by atoms with E-state index in [1.54, 1.807) is 0 Å². The highest BCUT2D eigenvalue weighted by Gasteiger charge is 2.35. The highest BCUT2D eigenvalue weighted by Crippen LogP contribution is 2.44. The molecule has 2 N–H and O–H groups in total. The summed E-state index contributed by atoms with van der Waals surface area (Å²) in [5, 5.41) is 7.16. The molecule has 35 heavy (non-hydrogen) atoms.